The summed E-state index contributed by atoms with van der Waals surface area (Å²) in [6.45, 7) is 3.36. The first kappa shape index (κ1) is 13.8. The van der Waals surface area contributed by atoms with Gasteiger partial charge in [0.05, 0.1) is 5.69 Å². The predicted molar refractivity (Wildman–Crippen MR) is 85.3 cm³/mol. The zero-order valence-corrected chi connectivity index (χ0v) is 12.2. The van der Waals surface area contributed by atoms with Gasteiger partial charge in [-0.25, -0.2) is 0 Å². The SMILES string of the molecule is c1ccc(OCCOc2ccccc2N2CCCC2)cc1. The van der Waals surface area contributed by atoms with Gasteiger partial charge in [0.2, 0.25) is 0 Å². The summed E-state index contributed by atoms with van der Waals surface area (Å²) in [6.07, 6.45) is 2.54. The highest BCUT2D eigenvalue weighted by atomic mass is 16.5. The Balaban J connectivity index is 1.53. The summed E-state index contributed by atoms with van der Waals surface area (Å²) in [5, 5.41) is 0. The van der Waals surface area contributed by atoms with E-state index in [0.717, 1.165) is 24.6 Å². The first-order valence-corrected chi connectivity index (χ1v) is 7.58. The highest BCUT2D eigenvalue weighted by molar-refractivity contribution is 5.58. The van der Waals surface area contributed by atoms with E-state index >= 15 is 0 Å². The molecule has 110 valence electrons. The van der Waals surface area contributed by atoms with Crippen LogP contribution in [0.2, 0.25) is 0 Å². The van der Waals surface area contributed by atoms with Gasteiger partial charge >= 0.3 is 0 Å². The molecule has 0 spiro atoms. The van der Waals surface area contributed by atoms with Crippen molar-refractivity contribution < 1.29 is 9.47 Å². The topological polar surface area (TPSA) is 21.7 Å². The van der Waals surface area contributed by atoms with Gasteiger partial charge in [-0.15, -0.1) is 0 Å². The third-order valence-electron chi connectivity index (χ3n) is 3.66. The Morgan fingerprint density at radius 2 is 1.43 bits per heavy atom. The molecule has 0 aliphatic carbocycles. The van der Waals surface area contributed by atoms with E-state index in [4.69, 9.17) is 9.47 Å². The summed E-state index contributed by atoms with van der Waals surface area (Å²) in [4.78, 5) is 2.40. The average molecular weight is 283 g/mol. The monoisotopic (exact) mass is 283 g/mol. The molecule has 0 aromatic heterocycles. The Kier molecular flexibility index (Phi) is 4.62. The van der Waals surface area contributed by atoms with Crippen molar-refractivity contribution in [1.82, 2.24) is 0 Å². The first-order chi connectivity index (χ1) is 10.4. The van der Waals surface area contributed by atoms with Gasteiger partial charge in [0.1, 0.15) is 24.7 Å². The van der Waals surface area contributed by atoms with Crippen LogP contribution in [0.15, 0.2) is 54.6 Å². The molecule has 0 radical (unpaired) electrons. The third kappa shape index (κ3) is 3.69. The van der Waals surface area contributed by atoms with Crippen LogP contribution >= 0.6 is 0 Å². The second-order valence-electron chi connectivity index (χ2n) is 5.17. The van der Waals surface area contributed by atoms with Gasteiger partial charge < -0.3 is 14.4 Å². The minimum atomic E-state index is 0.554. The van der Waals surface area contributed by atoms with Crippen LogP contribution in [0, 0.1) is 0 Å². The minimum absolute atomic E-state index is 0.554. The van der Waals surface area contributed by atoms with Crippen molar-refractivity contribution in [2.75, 3.05) is 31.2 Å². The number of rotatable bonds is 6. The van der Waals surface area contributed by atoms with E-state index < -0.39 is 0 Å². The molecule has 0 bridgehead atoms. The van der Waals surface area contributed by atoms with Crippen molar-refractivity contribution in [2.24, 2.45) is 0 Å². The van der Waals surface area contributed by atoms with Crippen molar-refractivity contribution in [1.29, 1.82) is 0 Å². The van der Waals surface area contributed by atoms with Gasteiger partial charge in [-0.1, -0.05) is 30.3 Å². The summed E-state index contributed by atoms with van der Waals surface area (Å²) in [5.41, 5.74) is 1.20. The summed E-state index contributed by atoms with van der Waals surface area (Å²) in [6, 6.07) is 18.1. The average Bonchev–Trinajstić information content (AvgIpc) is 3.07. The fourth-order valence-corrected chi connectivity index (χ4v) is 2.63. The molecule has 3 heteroatoms. The van der Waals surface area contributed by atoms with Gasteiger partial charge in [0.15, 0.2) is 0 Å². The van der Waals surface area contributed by atoms with Crippen LogP contribution < -0.4 is 14.4 Å². The molecule has 1 fully saturated rings. The number of hydrogen-bond donors (Lipinski definition) is 0. The standard InChI is InChI=1S/C18H21NO2/c1-2-8-16(9-3-1)20-14-15-21-18-11-5-4-10-17(18)19-12-6-7-13-19/h1-5,8-11H,6-7,12-15H2. The molecule has 3 nitrogen and oxygen atoms in total. The molecule has 2 aromatic rings. The maximum Gasteiger partial charge on any atom is 0.142 e. The van der Waals surface area contributed by atoms with Crippen LogP contribution in [0.1, 0.15) is 12.8 Å². The van der Waals surface area contributed by atoms with E-state index in [2.05, 4.69) is 17.0 Å². The highest BCUT2D eigenvalue weighted by Crippen LogP contribution is 2.30. The summed E-state index contributed by atoms with van der Waals surface area (Å²) < 4.78 is 11.6. The molecule has 1 heterocycles. The van der Waals surface area contributed by atoms with E-state index in [-0.39, 0.29) is 0 Å². The zero-order chi connectivity index (χ0) is 14.3. The minimum Gasteiger partial charge on any atom is -0.490 e. The lowest BCUT2D eigenvalue weighted by atomic mass is 10.2. The highest BCUT2D eigenvalue weighted by Gasteiger charge is 2.15. The van der Waals surface area contributed by atoms with Crippen LogP contribution in [0.3, 0.4) is 0 Å². The number of benzene rings is 2. The van der Waals surface area contributed by atoms with Crippen molar-refractivity contribution in [3.05, 3.63) is 54.6 Å². The molecule has 21 heavy (non-hydrogen) atoms. The Hall–Kier alpha value is -2.16. The number of ether oxygens (including phenoxy) is 2. The van der Waals surface area contributed by atoms with Gasteiger partial charge in [-0.2, -0.15) is 0 Å². The number of anilines is 1. The molecule has 0 atom stereocenters. The van der Waals surface area contributed by atoms with Crippen molar-refractivity contribution in [2.45, 2.75) is 12.8 Å². The molecule has 0 unspecified atom stereocenters. The van der Waals surface area contributed by atoms with E-state index in [1.54, 1.807) is 0 Å². The molecule has 0 amide bonds. The van der Waals surface area contributed by atoms with Crippen LogP contribution in [0.25, 0.3) is 0 Å². The lowest BCUT2D eigenvalue weighted by molar-refractivity contribution is 0.217. The molecule has 1 saturated heterocycles. The fraction of sp³-hybridized carbons (Fsp3) is 0.333. The molecule has 0 saturated carbocycles. The van der Waals surface area contributed by atoms with Crippen molar-refractivity contribution >= 4 is 5.69 Å². The van der Waals surface area contributed by atoms with Crippen LogP contribution in [-0.2, 0) is 0 Å². The molecule has 0 N–H and O–H groups in total. The number of hydrogen-bond acceptors (Lipinski definition) is 3. The lowest BCUT2D eigenvalue weighted by Gasteiger charge is -2.21. The second-order valence-corrected chi connectivity index (χ2v) is 5.17. The van der Waals surface area contributed by atoms with Crippen LogP contribution in [0.5, 0.6) is 11.5 Å². The van der Waals surface area contributed by atoms with Gasteiger partial charge in [0, 0.05) is 13.1 Å². The first-order valence-electron chi connectivity index (χ1n) is 7.58. The maximum absolute atomic E-state index is 5.90. The largest absolute Gasteiger partial charge is 0.490 e. The Bertz CT molecular complexity index is 550. The van der Waals surface area contributed by atoms with E-state index in [0.29, 0.717) is 13.2 Å². The smallest absolute Gasteiger partial charge is 0.142 e. The van der Waals surface area contributed by atoms with Gasteiger partial charge in [0.25, 0.3) is 0 Å². The zero-order valence-electron chi connectivity index (χ0n) is 12.2. The lowest BCUT2D eigenvalue weighted by Crippen LogP contribution is -2.19. The Morgan fingerprint density at radius 3 is 2.24 bits per heavy atom. The van der Waals surface area contributed by atoms with E-state index in [1.807, 2.05) is 42.5 Å². The predicted octanol–water partition coefficient (Wildman–Crippen LogP) is 3.74. The quantitative estimate of drug-likeness (QED) is 0.754. The van der Waals surface area contributed by atoms with E-state index in [1.165, 1.54) is 18.5 Å². The maximum atomic E-state index is 5.90. The third-order valence-corrected chi connectivity index (χ3v) is 3.66. The molecular weight excluding hydrogens is 262 g/mol. The fourth-order valence-electron chi connectivity index (χ4n) is 2.63. The number of nitrogens with zero attached hydrogens (tertiary/aromatic N) is 1. The van der Waals surface area contributed by atoms with Crippen molar-refractivity contribution in [3.63, 3.8) is 0 Å². The van der Waals surface area contributed by atoms with Crippen LogP contribution in [0.4, 0.5) is 5.69 Å². The molecule has 3 rings (SSSR count). The summed E-state index contributed by atoms with van der Waals surface area (Å²) in [7, 11) is 0. The van der Waals surface area contributed by atoms with E-state index in [9.17, 15) is 0 Å². The molecule has 1 aliphatic heterocycles. The molecule has 1 aliphatic rings. The van der Waals surface area contributed by atoms with Crippen molar-refractivity contribution in [3.8, 4) is 11.5 Å². The van der Waals surface area contributed by atoms with Gasteiger partial charge in [-0.3, -0.25) is 0 Å². The summed E-state index contributed by atoms with van der Waals surface area (Å²) >= 11 is 0. The van der Waals surface area contributed by atoms with Gasteiger partial charge in [-0.05, 0) is 37.1 Å². The second kappa shape index (κ2) is 7.02. The van der Waals surface area contributed by atoms with Crippen LogP contribution in [-0.4, -0.2) is 26.3 Å². The summed E-state index contributed by atoms with van der Waals surface area (Å²) in [5.74, 6) is 1.84. The Morgan fingerprint density at radius 1 is 0.762 bits per heavy atom. The normalized spacial score (nSPS) is 14.2. The molecular formula is C18H21NO2. The number of para-hydroxylation sites is 3. The molecule has 2 aromatic carbocycles. The Labute approximate surface area is 126 Å².